The predicted molar refractivity (Wildman–Crippen MR) is 99.6 cm³/mol. The van der Waals surface area contributed by atoms with Crippen LogP contribution in [0.5, 0.6) is 0 Å². The van der Waals surface area contributed by atoms with Crippen molar-refractivity contribution < 1.29 is 4.39 Å². The summed E-state index contributed by atoms with van der Waals surface area (Å²) in [5, 5.41) is 7.58. The molecule has 0 amide bonds. The van der Waals surface area contributed by atoms with Crippen molar-refractivity contribution in [3.05, 3.63) is 78.1 Å². The Bertz CT molecular complexity index is 948. The molecule has 0 radical (unpaired) electrons. The van der Waals surface area contributed by atoms with E-state index in [2.05, 4.69) is 45.9 Å². The minimum atomic E-state index is -0.264. The maximum absolute atomic E-state index is 12.9. The number of hydrogen-bond acceptors (Lipinski definition) is 3. The second-order valence-electron chi connectivity index (χ2n) is 5.41. The molecule has 1 N–H and O–H groups in total. The first kappa shape index (κ1) is 14.9. The van der Waals surface area contributed by atoms with Crippen LogP contribution in [-0.2, 0) is 0 Å². The number of rotatable bonds is 2. The zero-order valence-electron chi connectivity index (χ0n) is 12.7. The third-order valence-corrected chi connectivity index (χ3v) is 4.65. The van der Waals surface area contributed by atoms with E-state index >= 15 is 0 Å². The van der Waals surface area contributed by atoms with Gasteiger partial charge in [-0.3, -0.25) is 5.43 Å². The highest BCUT2D eigenvalue weighted by Gasteiger charge is 2.13. The van der Waals surface area contributed by atoms with E-state index in [1.807, 2.05) is 12.1 Å². The Morgan fingerprint density at radius 1 is 0.958 bits per heavy atom. The molecule has 4 rings (SSSR count). The lowest BCUT2D eigenvalue weighted by atomic mass is 10.0. The molecule has 0 atom stereocenters. The Hall–Kier alpha value is -2.66. The highest BCUT2D eigenvalue weighted by atomic mass is 32.2. The van der Waals surface area contributed by atoms with Crippen molar-refractivity contribution >= 4 is 39.1 Å². The molecule has 0 bridgehead atoms. The van der Waals surface area contributed by atoms with Crippen LogP contribution in [0.4, 0.5) is 10.1 Å². The summed E-state index contributed by atoms with van der Waals surface area (Å²) in [5.41, 5.74) is 5.79. The fraction of sp³-hybridized carbons (Fsp3) is 0.0526. The van der Waals surface area contributed by atoms with Crippen LogP contribution >= 0.6 is 11.8 Å². The molecule has 118 valence electrons. The summed E-state index contributed by atoms with van der Waals surface area (Å²) < 4.78 is 12.9. The molecule has 1 aliphatic rings. The van der Waals surface area contributed by atoms with Crippen LogP contribution in [0.15, 0.2) is 76.8 Å². The summed E-state index contributed by atoms with van der Waals surface area (Å²) in [5.74, 6) is 0.477. The molecule has 0 saturated heterocycles. The van der Waals surface area contributed by atoms with Gasteiger partial charge in [0.25, 0.3) is 0 Å². The van der Waals surface area contributed by atoms with Crippen molar-refractivity contribution in [2.75, 3.05) is 5.75 Å². The van der Waals surface area contributed by atoms with E-state index in [0.29, 0.717) is 10.9 Å². The monoisotopic (exact) mass is 335 g/mol. The Kier molecular flexibility index (Phi) is 4.01. The topological polar surface area (TPSA) is 36.8 Å². The van der Waals surface area contributed by atoms with Gasteiger partial charge in [0, 0.05) is 5.75 Å². The van der Waals surface area contributed by atoms with E-state index in [9.17, 15) is 4.39 Å². The first-order chi connectivity index (χ1) is 11.8. The Morgan fingerprint density at radius 3 is 2.50 bits per heavy atom. The molecular formula is C19H14FN3S. The van der Waals surface area contributed by atoms with Crippen LogP contribution in [-0.4, -0.2) is 16.6 Å². The van der Waals surface area contributed by atoms with Gasteiger partial charge >= 0.3 is 0 Å². The van der Waals surface area contributed by atoms with Gasteiger partial charge in [-0.25, -0.2) is 9.38 Å². The number of nitrogens with one attached hydrogen (secondary N) is 1. The molecular weight excluding hydrogens is 321 g/mol. The average molecular weight is 335 g/mol. The van der Waals surface area contributed by atoms with Crippen LogP contribution < -0.4 is 5.43 Å². The van der Waals surface area contributed by atoms with E-state index in [4.69, 9.17) is 0 Å². The zero-order valence-corrected chi connectivity index (χ0v) is 13.6. The minimum absolute atomic E-state index is 0.264. The van der Waals surface area contributed by atoms with Crippen LogP contribution in [0.1, 0.15) is 5.56 Å². The van der Waals surface area contributed by atoms with Gasteiger partial charge in [-0.1, -0.05) is 48.2 Å². The number of hydrazone groups is 1. The molecule has 3 aromatic rings. The van der Waals surface area contributed by atoms with Gasteiger partial charge in [-0.05, 0) is 46.7 Å². The lowest BCUT2D eigenvalue weighted by Crippen LogP contribution is -2.25. The number of aliphatic imine (C=N–C) groups is 1. The highest BCUT2D eigenvalue weighted by Crippen LogP contribution is 2.21. The summed E-state index contributed by atoms with van der Waals surface area (Å²) in [4.78, 5) is 4.43. The van der Waals surface area contributed by atoms with Crippen molar-refractivity contribution in [1.29, 1.82) is 0 Å². The largest absolute Gasteiger partial charge is 0.255 e. The van der Waals surface area contributed by atoms with Gasteiger partial charge in [-0.2, -0.15) is 5.10 Å². The zero-order chi connectivity index (χ0) is 16.4. The predicted octanol–water partition coefficient (Wildman–Crippen LogP) is 4.71. The van der Waals surface area contributed by atoms with Crippen molar-refractivity contribution in [3.63, 3.8) is 0 Å². The van der Waals surface area contributed by atoms with Crippen LogP contribution in [0, 0.1) is 5.82 Å². The average Bonchev–Trinajstić information content (AvgIpc) is 2.64. The molecule has 0 unspecified atom stereocenters. The number of hydrogen-bond donors (Lipinski definition) is 1. The van der Waals surface area contributed by atoms with Gasteiger partial charge in [0.15, 0.2) is 5.17 Å². The van der Waals surface area contributed by atoms with Gasteiger partial charge in [0.05, 0.1) is 11.4 Å². The van der Waals surface area contributed by atoms with Gasteiger partial charge < -0.3 is 0 Å². The molecule has 0 fully saturated rings. The maximum Gasteiger partial charge on any atom is 0.182 e. The standard InChI is InChI=1S/C19H14FN3S/c20-16-7-9-17(10-8-16)21-19-23-22-18(12-24-19)15-6-5-13-3-1-2-4-14(13)11-15/h1-11H,12H2,(H,21,23). The number of thioether (sulfide) groups is 1. The molecule has 3 nitrogen and oxygen atoms in total. The van der Waals surface area contributed by atoms with Gasteiger partial charge in [0.2, 0.25) is 0 Å². The molecule has 0 aliphatic carbocycles. The van der Waals surface area contributed by atoms with Crippen molar-refractivity contribution in [2.24, 2.45) is 10.1 Å². The molecule has 5 heteroatoms. The molecule has 24 heavy (non-hydrogen) atoms. The van der Waals surface area contributed by atoms with Crippen molar-refractivity contribution in [3.8, 4) is 0 Å². The summed E-state index contributed by atoms with van der Waals surface area (Å²) in [6, 6.07) is 20.7. The summed E-state index contributed by atoms with van der Waals surface area (Å²) in [6.07, 6.45) is 0. The Labute approximate surface area is 143 Å². The van der Waals surface area contributed by atoms with E-state index in [1.165, 1.54) is 22.9 Å². The smallest absolute Gasteiger partial charge is 0.182 e. The van der Waals surface area contributed by atoms with Crippen molar-refractivity contribution in [1.82, 2.24) is 5.43 Å². The van der Waals surface area contributed by atoms with Crippen LogP contribution in [0.25, 0.3) is 10.8 Å². The van der Waals surface area contributed by atoms with Crippen LogP contribution in [0.2, 0.25) is 0 Å². The van der Waals surface area contributed by atoms with E-state index in [-0.39, 0.29) is 5.82 Å². The second-order valence-corrected chi connectivity index (χ2v) is 6.38. The quantitative estimate of drug-likeness (QED) is 0.736. The van der Waals surface area contributed by atoms with Gasteiger partial charge in [0.1, 0.15) is 5.82 Å². The Balaban J connectivity index is 1.56. The molecule has 1 heterocycles. The third-order valence-electron chi connectivity index (χ3n) is 3.77. The maximum atomic E-state index is 12.9. The number of fused-ring (bicyclic) bond motifs is 1. The van der Waals surface area contributed by atoms with E-state index in [0.717, 1.165) is 17.0 Å². The normalized spacial score (nSPS) is 16.0. The molecule has 3 aromatic carbocycles. The minimum Gasteiger partial charge on any atom is -0.255 e. The molecule has 0 aromatic heterocycles. The van der Waals surface area contributed by atoms with E-state index in [1.54, 1.807) is 23.9 Å². The molecule has 0 saturated carbocycles. The number of amidine groups is 1. The lowest BCUT2D eigenvalue weighted by molar-refractivity contribution is 0.628. The second kappa shape index (κ2) is 6.45. The number of benzene rings is 3. The highest BCUT2D eigenvalue weighted by molar-refractivity contribution is 8.14. The molecule has 0 spiro atoms. The van der Waals surface area contributed by atoms with Crippen LogP contribution in [0.3, 0.4) is 0 Å². The lowest BCUT2D eigenvalue weighted by Gasteiger charge is -2.15. The van der Waals surface area contributed by atoms with Crippen molar-refractivity contribution in [2.45, 2.75) is 0 Å². The number of nitrogens with zero attached hydrogens (tertiary/aromatic N) is 2. The Morgan fingerprint density at radius 2 is 1.75 bits per heavy atom. The first-order valence-electron chi connectivity index (χ1n) is 7.57. The summed E-state index contributed by atoms with van der Waals surface area (Å²) in [7, 11) is 0. The third kappa shape index (κ3) is 3.16. The van der Waals surface area contributed by atoms with E-state index < -0.39 is 0 Å². The summed E-state index contributed by atoms with van der Waals surface area (Å²) in [6.45, 7) is 0. The fourth-order valence-corrected chi connectivity index (χ4v) is 3.31. The summed E-state index contributed by atoms with van der Waals surface area (Å²) >= 11 is 1.58. The SMILES string of the molecule is Fc1ccc(N=C2NN=C(c3ccc4ccccc4c3)CS2)cc1. The number of halogens is 1. The first-order valence-corrected chi connectivity index (χ1v) is 8.55. The van der Waals surface area contributed by atoms with Gasteiger partial charge in [-0.15, -0.1) is 0 Å². The molecule has 1 aliphatic heterocycles. The fourth-order valence-electron chi connectivity index (χ4n) is 2.52.